The predicted octanol–water partition coefficient (Wildman–Crippen LogP) is 4.36. The Balaban J connectivity index is 1.48. The molecule has 250 valence electrons. The second-order valence-corrected chi connectivity index (χ2v) is 13.5. The molecule has 47 heavy (non-hydrogen) atoms. The Hall–Kier alpha value is -3.51. The van der Waals surface area contributed by atoms with Crippen LogP contribution in [0.5, 0.6) is 0 Å². The van der Waals surface area contributed by atoms with Crippen molar-refractivity contribution in [3.8, 4) is 0 Å². The summed E-state index contributed by atoms with van der Waals surface area (Å²) in [5.41, 5.74) is -0.134. The standard InChI is InChI=1S/C35H39BrClN3O7/c1-3-5-16-27(42)46-21-25(22-12-7-6-8-13-22)38-32(43)28-29-33(44)40(18-11-19-41)31(35(29)20-23(36)30(28)47-35)34(45)39(17-4-2)26-15-10-9-14-24(26)37/h3-4,6-10,12-15,23,25,28-31,41H,1-2,5,11,16-21H2,(H,38,43)/t23?,25-,28+,29-,30+,31+,35-/m0/s1. The van der Waals surface area contributed by atoms with Gasteiger partial charge >= 0.3 is 5.97 Å². The number of aliphatic hydroxyl groups excluding tert-OH is 1. The molecule has 12 heteroatoms. The molecule has 1 spiro atoms. The van der Waals surface area contributed by atoms with Gasteiger partial charge in [0.1, 0.15) is 18.2 Å². The van der Waals surface area contributed by atoms with Gasteiger partial charge in [0.05, 0.1) is 34.7 Å². The lowest BCUT2D eigenvalue weighted by atomic mass is 9.70. The van der Waals surface area contributed by atoms with E-state index in [1.54, 1.807) is 36.4 Å². The number of halogens is 2. The lowest BCUT2D eigenvalue weighted by molar-refractivity contribution is -0.145. The Morgan fingerprint density at radius 3 is 2.57 bits per heavy atom. The van der Waals surface area contributed by atoms with E-state index in [1.807, 2.05) is 30.3 Å². The van der Waals surface area contributed by atoms with Gasteiger partial charge in [0.2, 0.25) is 11.8 Å². The van der Waals surface area contributed by atoms with Crippen LogP contribution in [0.2, 0.25) is 5.02 Å². The third kappa shape index (κ3) is 6.76. The fourth-order valence-electron chi connectivity index (χ4n) is 7.09. The second kappa shape index (κ2) is 15.1. The molecule has 0 aliphatic carbocycles. The van der Waals surface area contributed by atoms with Crippen LogP contribution >= 0.6 is 27.5 Å². The van der Waals surface area contributed by atoms with E-state index < -0.39 is 53.4 Å². The number of rotatable bonds is 15. The van der Waals surface area contributed by atoms with Crippen LogP contribution in [0, 0.1) is 11.8 Å². The third-order valence-electron chi connectivity index (χ3n) is 9.09. The first kappa shape index (κ1) is 34.8. The number of ether oxygens (including phenoxy) is 2. The Labute approximate surface area is 287 Å². The summed E-state index contributed by atoms with van der Waals surface area (Å²) in [6.45, 7) is 7.37. The zero-order valence-corrected chi connectivity index (χ0v) is 28.3. The number of benzene rings is 2. The summed E-state index contributed by atoms with van der Waals surface area (Å²) in [5.74, 6) is -3.56. The maximum absolute atomic E-state index is 14.6. The van der Waals surface area contributed by atoms with Crippen LogP contribution in [0.4, 0.5) is 5.69 Å². The zero-order valence-electron chi connectivity index (χ0n) is 25.9. The smallest absolute Gasteiger partial charge is 0.306 e. The largest absolute Gasteiger partial charge is 0.463 e. The minimum atomic E-state index is -1.31. The van der Waals surface area contributed by atoms with Gasteiger partial charge in [-0.2, -0.15) is 0 Å². The molecule has 3 aliphatic heterocycles. The van der Waals surface area contributed by atoms with Gasteiger partial charge in [-0.15, -0.1) is 13.2 Å². The molecule has 3 fully saturated rings. The summed E-state index contributed by atoms with van der Waals surface area (Å²) in [6.07, 6.45) is 3.69. The van der Waals surface area contributed by atoms with Crippen molar-refractivity contribution >= 4 is 56.9 Å². The monoisotopic (exact) mass is 727 g/mol. The van der Waals surface area contributed by atoms with Gasteiger partial charge in [-0.25, -0.2) is 0 Å². The van der Waals surface area contributed by atoms with E-state index in [1.165, 1.54) is 9.80 Å². The van der Waals surface area contributed by atoms with E-state index >= 15 is 0 Å². The van der Waals surface area contributed by atoms with Gasteiger partial charge < -0.3 is 29.7 Å². The first-order valence-corrected chi connectivity index (χ1v) is 17.0. The molecule has 1 unspecified atom stereocenters. The number of esters is 1. The number of carbonyl (C=O) groups excluding carboxylic acids is 4. The number of anilines is 1. The van der Waals surface area contributed by atoms with Gasteiger partial charge in [-0.05, 0) is 37.0 Å². The van der Waals surface area contributed by atoms with Gasteiger partial charge in [-0.3, -0.25) is 19.2 Å². The van der Waals surface area contributed by atoms with Crippen LogP contribution < -0.4 is 10.2 Å². The van der Waals surface area contributed by atoms with Crippen molar-refractivity contribution in [2.75, 3.05) is 31.2 Å². The van der Waals surface area contributed by atoms with Crippen LogP contribution in [0.15, 0.2) is 79.9 Å². The molecule has 0 saturated carbocycles. The highest BCUT2D eigenvalue weighted by Gasteiger charge is 2.76. The van der Waals surface area contributed by atoms with E-state index in [0.717, 1.165) is 5.56 Å². The van der Waals surface area contributed by atoms with E-state index in [9.17, 15) is 24.3 Å². The molecule has 5 rings (SSSR count). The maximum atomic E-state index is 14.6. The summed E-state index contributed by atoms with van der Waals surface area (Å²) < 4.78 is 12.1. The fourth-order valence-corrected chi connectivity index (χ4v) is 8.27. The molecule has 2 aromatic carbocycles. The molecule has 3 aliphatic rings. The first-order valence-electron chi connectivity index (χ1n) is 15.7. The van der Waals surface area contributed by atoms with Crippen LogP contribution in [-0.2, 0) is 28.7 Å². The van der Waals surface area contributed by atoms with Crippen molar-refractivity contribution in [3.05, 3.63) is 90.5 Å². The number of alkyl halides is 1. The van der Waals surface area contributed by atoms with Crippen LogP contribution in [0.1, 0.15) is 37.3 Å². The summed E-state index contributed by atoms with van der Waals surface area (Å²) >= 11 is 10.2. The van der Waals surface area contributed by atoms with Crippen LogP contribution in [0.25, 0.3) is 0 Å². The van der Waals surface area contributed by atoms with Crippen molar-refractivity contribution in [2.45, 2.75) is 54.3 Å². The number of nitrogens with one attached hydrogen (secondary N) is 1. The molecule has 3 saturated heterocycles. The Morgan fingerprint density at radius 2 is 1.89 bits per heavy atom. The lowest BCUT2D eigenvalue weighted by Gasteiger charge is -2.37. The molecule has 10 nitrogen and oxygen atoms in total. The van der Waals surface area contributed by atoms with Crippen molar-refractivity contribution in [1.29, 1.82) is 0 Å². The quantitative estimate of drug-likeness (QED) is 0.159. The van der Waals surface area contributed by atoms with Gasteiger partial charge in [-0.1, -0.05) is 82.1 Å². The number of para-hydroxylation sites is 1. The maximum Gasteiger partial charge on any atom is 0.306 e. The number of aliphatic hydroxyl groups is 1. The minimum absolute atomic E-state index is 0.0943. The number of allylic oxidation sites excluding steroid dienone is 1. The van der Waals surface area contributed by atoms with Crippen molar-refractivity contribution in [2.24, 2.45) is 11.8 Å². The van der Waals surface area contributed by atoms with E-state index in [-0.39, 0.29) is 49.9 Å². The number of hydrogen-bond donors (Lipinski definition) is 2. The lowest BCUT2D eigenvalue weighted by Crippen LogP contribution is -2.57. The molecule has 7 atom stereocenters. The molecule has 2 N–H and O–H groups in total. The molecule has 0 aromatic heterocycles. The average Bonchev–Trinajstić information content (AvgIpc) is 3.67. The summed E-state index contributed by atoms with van der Waals surface area (Å²) in [6, 6.07) is 14.3. The fraction of sp³-hybridized carbons (Fsp3) is 0.429. The number of hydrogen-bond acceptors (Lipinski definition) is 7. The number of carbonyl (C=O) groups is 4. The SMILES string of the molecule is C=CCCC(=O)OC[C@H](NC(=O)[C@H]1[C@@H]2O[C@@]3(CC2Br)[C@@H]1C(=O)N(CCCO)[C@@H]3C(=O)N(CC=C)c1ccccc1Cl)c1ccccc1. The molecule has 3 amide bonds. The topological polar surface area (TPSA) is 125 Å². The Morgan fingerprint density at radius 1 is 1.17 bits per heavy atom. The normalized spacial score (nSPS) is 26.4. The zero-order chi connectivity index (χ0) is 33.7. The number of fused-ring (bicyclic) bond motifs is 1. The summed E-state index contributed by atoms with van der Waals surface area (Å²) in [5, 5.41) is 13.1. The molecule has 2 aromatic rings. The van der Waals surface area contributed by atoms with Crippen molar-refractivity contribution < 1.29 is 33.8 Å². The Bertz CT molecular complexity index is 1510. The van der Waals surface area contributed by atoms with E-state index in [0.29, 0.717) is 23.6 Å². The van der Waals surface area contributed by atoms with Gasteiger partial charge in [0, 0.05) is 30.9 Å². The van der Waals surface area contributed by atoms with Crippen molar-refractivity contribution in [1.82, 2.24) is 10.2 Å². The predicted molar refractivity (Wildman–Crippen MR) is 181 cm³/mol. The molecular formula is C35H39BrClN3O7. The Kier molecular flexibility index (Phi) is 11.2. The minimum Gasteiger partial charge on any atom is -0.463 e. The third-order valence-corrected chi connectivity index (χ3v) is 10.3. The molecule has 2 bridgehead atoms. The summed E-state index contributed by atoms with van der Waals surface area (Å²) in [7, 11) is 0. The first-order chi connectivity index (χ1) is 22.7. The average molecular weight is 729 g/mol. The highest BCUT2D eigenvalue weighted by Crippen LogP contribution is 2.60. The van der Waals surface area contributed by atoms with Gasteiger partial charge in [0.25, 0.3) is 5.91 Å². The molecule has 3 heterocycles. The number of nitrogens with zero attached hydrogens (tertiary/aromatic N) is 2. The highest BCUT2D eigenvalue weighted by molar-refractivity contribution is 9.09. The molecule has 0 radical (unpaired) electrons. The molecular weight excluding hydrogens is 690 g/mol. The van der Waals surface area contributed by atoms with Crippen LogP contribution in [0.3, 0.4) is 0 Å². The second-order valence-electron chi connectivity index (χ2n) is 11.9. The van der Waals surface area contributed by atoms with Crippen LogP contribution in [-0.4, -0.2) is 82.6 Å². The van der Waals surface area contributed by atoms with Crippen molar-refractivity contribution in [3.63, 3.8) is 0 Å². The highest BCUT2D eigenvalue weighted by atomic mass is 79.9. The van der Waals surface area contributed by atoms with E-state index in [2.05, 4.69) is 34.4 Å². The van der Waals surface area contributed by atoms with Gasteiger partial charge in [0.15, 0.2) is 0 Å². The number of amides is 3. The summed E-state index contributed by atoms with van der Waals surface area (Å²) in [4.78, 5) is 58.2. The number of likely N-dealkylation sites (tertiary alicyclic amines) is 1. The van der Waals surface area contributed by atoms with E-state index in [4.69, 9.17) is 21.1 Å².